The number of nitrogens with one attached hydrogen (secondary N) is 2. The summed E-state index contributed by atoms with van der Waals surface area (Å²) >= 11 is 11.9. The second-order valence-electron chi connectivity index (χ2n) is 6.77. The molecule has 3 aromatic rings. The van der Waals surface area contributed by atoms with Gasteiger partial charge in [0, 0.05) is 23.4 Å². The Morgan fingerprint density at radius 2 is 2.04 bits per heavy atom. The van der Waals surface area contributed by atoms with Crippen LogP contribution in [0.2, 0.25) is 5.02 Å². The second kappa shape index (κ2) is 10.6. The summed E-state index contributed by atoms with van der Waals surface area (Å²) in [4.78, 5) is 8.19. The lowest BCUT2D eigenvalue weighted by molar-refractivity contribution is -0.650. The molecule has 0 unspecified atom stereocenters. The van der Waals surface area contributed by atoms with Crippen LogP contribution in [0.4, 0.5) is 5.69 Å². The molecule has 0 spiro atoms. The number of fused-ring (bicyclic) bond motifs is 2. The third kappa shape index (κ3) is 5.37. The van der Waals surface area contributed by atoms with Crippen LogP contribution in [0.25, 0.3) is 21.9 Å². The van der Waals surface area contributed by atoms with Gasteiger partial charge in [-0.1, -0.05) is 24.9 Å². The zero-order chi connectivity index (χ0) is 19.8. The number of quaternary nitrogens is 1. The molecule has 2 heterocycles. The first-order valence-electron chi connectivity index (χ1n) is 9.92. The summed E-state index contributed by atoms with van der Waals surface area (Å²) in [6, 6.07) is 9.75. The molecule has 0 saturated heterocycles. The van der Waals surface area contributed by atoms with E-state index in [1.54, 1.807) is 0 Å². The quantitative estimate of drug-likeness (QED) is 0.281. The standard InChI is InChI=1S/C21H26Cl2N4O/c1-2-3-13-28-19-8-7-17-21(27-19)20(25-11-4-10-24-12-9-22)16-6-5-15(23)14-18(16)26-17/h5-8,14,24H,2-4,9-13H2,1H3,(H,25,26)/p+2. The van der Waals surface area contributed by atoms with Crippen molar-refractivity contribution < 1.29 is 15.0 Å². The largest absolute Gasteiger partial charge is 0.444 e. The molecule has 0 atom stereocenters. The zero-order valence-electron chi connectivity index (χ0n) is 16.2. The van der Waals surface area contributed by atoms with Crippen LogP contribution in [-0.4, -0.2) is 37.1 Å². The Bertz CT molecular complexity index is 920. The molecule has 0 aliphatic rings. The van der Waals surface area contributed by atoms with E-state index in [0.717, 1.165) is 72.4 Å². The molecule has 0 fully saturated rings. The highest BCUT2D eigenvalue weighted by molar-refractivity contribution is 6.31. The van der Waals surface area contributed by atoms with Gasteiger partial charge in [-0.15, -0.1) is 11.6 Å². The van der Waals surface area contributed by atoms with Gasteiger partial charge in [-0.2, -0.15) is 4.98 Å². The lowest BCUT2D eigenvalue weighted by Gasteiger charge is -2.10. The number of ether oxygens (including phenoxy) is 1. The average Bonchev–Trinajstić information content (AvgIpc) is 2.70. The van der Waals surface area contributed by atoms with Gasteiger partial charge in [0.25, 0.3) is 5.52 Å². The van der Waals surface area contributed by atoms with Crippen LogP contribution in [0.3, 0.4) is 0 Å². The number of nitrogens with two attached hydrogens (primary N) is 1. The van der Waals surface area contributed by atoms with Crippen molar-refractivity contribution in [2.75, 3.05) is 37.4 Å². The number of unbranched alkanes of at least 4 members (excludes halogenated alkanes) is 1. The third-order valence-corrected chi connectivity index (χ3v) is 5.03. The highest BCUT2D eigenvalue weighted by Crippen LogP contribution is 2.30. The van der Waals surface area contributed by atoms with E-state index in [4.69, 9.17) is 32.9 Å². The summed E-state index contributed by atoms with van der Waals surface area (Å²) < 4.78 is 5.86. The molecule has 0 aliphatic carbocycles. The number of benzene rings is 1. The molecule has 5 nitrogen and oxygen atoms in total. The number of anilines is 1. The minimum atomic E-state index is 0.684. The third-order valence-electron chi connectivity index (χ3n) is 4.57. The summed E-state index contributed by atoms with van der Waals surface area (Å²) in [7, 11) is 0. The van der Waals surface area contributed by atoms with Crippen molar-refractivity contribution in [2.45, 2.75) is 26.2 Å². The molecule has 0 amide bonds. The first-order valence-corrected chi connectivity index (χ1v) is 10.8. The molecule has 0 aliphatic heterocycles. The summed E-state index contributed by atoms with van der Waals surface area (Å²) in [6.45, 7) is 5.72. The second-order valence-corrected chi connectivity index (χ2v) is 7.58. The molecule has 4 N–H and O–H groups in total. The Balaban J connectivity index is 1.90. The fourth-order valence-corrected chi connectivity index (χ4v) is 3.42. The molecule has 0 saturated carbocycles. The van der Waals surface area contributed by atoms with Gasteiger partial charge in [-0.05, 0) is 30.7 Å². The molecule has 28 heavy (non-hydrogen) atoms. The first kappa shape index (κ1) is 20.9. The van der Waals surface area contributed by atoms with Gasteiger partial charge >= 0.3 is 5.88 Å². The Labute approximate surface area is 175 Å². The number of rotatable bonds is 11. The first-order chi connectivity index (χ1) is 13.7. The average molecular weight is 423 g/mol. The van der Waals surface area contributed by atoms with Crippen molar-refractivity contribution in [3.05, 3.63) is 35.4 Å². The zero-order valence-corrected chi connectivity index (χ0v) is 17.7. The van der Waals surface area contributed by atoms with E-state index in [1.807, 2.05) is 30.3 Å². The van der Waals surface area contributed by atoms with Gasteiger partial charge in [0.05, 0.1) is 37.2 Å². The van der Waals surface area contributed by atoms with Crippen LogP contribution in [0.5, 0.6) is 5.88 Å². The molecule has 1 aromatic carbocycles. The number of alkyl halides is 1. The van der Waals surface area contributed by atoms with Crippen molar-refractivity contribution in [3.63, 3.8) is 0 Å². The summed E-state index contributed by atoms with van der Waals surface area (Å²) in [5.41, 5.74) is 3.75. The minimum Gasteiger partial charge on any atom is -0.444 e. The van der Waals surface area contributed by atoms with E-state index >= 15 is 0 Å². The van der Waals surface area contributed by atoms with Crippen LogP contribution in [0.1, 0.15) is 26.2 Å². The van der Waals surface area contributed by atoms with Crippen LogP contribution in [-0.2, 0) is 0 Å². The fraction of sp³-hybridized carbons (Fsp3) is 0.429. The molecule has 7 heteroatoms. The van der Waals surface area contributed by atoms with E-state index in [1.165, 1.54) is 0 Å². The van der Waals surface area contributed by atoms with Crippen LogP contribution >= 0.6 is 23.2 Å². The van der Waals surface area contributed by atoms with Crippen molar-refractivity contribution in [3.8, 4) is 5.88 Å². The Hall–Kier alpha value is -1.82. The Kier molecular flexibility index (Phi) is 7.95. The maximum Gasteiger partial charge on any atom is 0.366 e. The molecule has 3 rings (SSSR count). The maximum absolute atomic E-state index is 6.19. The smallest absolute Gasteiger partial charge is 0.366 e. The van der Waals surface area contributed by atoms with Gasteiger partial charge in [0.15, 0.2) is 0 Å². The van der Waals surface area contributed by atoms with Gasteiger partial charge in [0.1, 0.15) is 11.2 Å². The number of aromatic amines is 1. The van der Waals surface area contributed by atoms with E-state index in [-0.39, 0.29) is 0 Å². The monoisotopic (exact) mass is 422 g/mol. The van der Waals surface area contributed by atoms with E-state index in [2.05, 4.69) is 22.5 Å². The van der Waals surface area contributed by atoms with Crippen molar-refractivity contribution in [2.24, 2.45) is 0 Å². The fourth-order valence-electron chi connectivity index (χ4n) is 3.10. The number of hydrogen-bond acceptors (Lipinski definition) is 3. The van der Waals surface area contributed by atoms with E-state index in [0.29, 0.717) is 17.5 Å². The Morgan fingerprint density at radius 1 is 1.14 bits per heavy atom. The summed E-state index contributed by atoms with van der Waals surface area (Å²) in [5.74, 6) is 1.44. The maximum atomic E-state index is 6.19. The molecule has 0 radical (unpaired) electrons. The number of pyridine rings is 2. The topological polar surface area (TPSA) is 64.9 Å². The highest BCUT2D eigenvalue weighted by Gasteiger charge is 2.17. The summed E-state index contributed by atoms with van der Waals surface area (Å²) in [5, 5.41) is 7.57. The van der Waals surface area contributed by atoms with Crippen LogP contribution < -0.4 is 20.4 Å². The number of aromatic nitrogens is 2. The highest BCUT2D eigenvalue weighted by atomic mass is 35.5. The van der Waals surface area contributed by atoms with Gasteiger partial charge in [-0.3, -0.25) is 0 Å². The number of hydrogen-bond donors (Lipinski definition) is 2. The SMILES string of the molecule is CCCCOc1ccc2nc3cc(Cl)ccc3c(NCCC[NH2+]CCCl)c2[nH+]1. The molecular formula is C21H28Cl2N4O+2. The lowest BCUT2D eigenvalue weighted by atomic mass is 10.1. The van der Waals surface area contributed by atoms with Crippen molar-refractivity contribution in [1.29, 1.82) is 0 Å². The van der Waals surface area contributed by atoms with Crippen LogP contribution in [0, 0.1) is 0 Å². The van der Waals surface area contributed by atoms with Crippen LogP contribution in [0.15, 0.2) is 30.3 Å². The van der Waals surface area contributed by atoms with E-state index in [9.17, 15) is 0 Å². The molecule has 0 bridgehead atoms. The predicted octanol–water partition coefficient (Wildman–Crippen LogP) is 3.64. The number of nitrogens with zero attached hydrogens (tertiary/aromatic N) is 1. The molecular weight excluding hydrogens is 395 g/mol. The minimum absolute atomic E-state index is 0.684. The number of halogens is 2. The van der Waals surface area contributed by atoms with Crippen molar-refractivity contribution in [1.82, 2.24) is 4.98 Å². The summed E-state index contributed by atoms with van der Waals surface area (Å²) in [6.07, 6.45) is 3.18. The van der Waals surface area contributed by atoms with Gasteiger partial charge < -0.3 is 15.4 Å². The molecule has 2 aromatic heterocycles. The normalized spacial score (nSPS) is 11.2. The van der Waals surface area contributed by atoms with Crippen molar-refractivity contribution >= 4 is 50.8 Å². The lowest BCUT2D eigenvalue weighted by Crippen LogP contribution is -2.85. The Morgan fingerprint density at radius 3 is 2.86 bits per heavy atom. The number of H-pyrrole nitrogens is 1. The van der Waals surface area contributed by atoms with Gasteiger partial charge in [0.2, 0.25) is 0 Å². The predicted molar refractivity (Wildman–Crippen MR) is 117 cm³/mol. The van der Waals surface area contributed by atoms with E-state index < -0.39 is 0 Å². The van der Waals surface area contributed by atoms with Gasteiger partial charge in [-0.25, -0.2) is 4.98 Å². The molecule has 150 valence electrons.